The van der Waals surface area contributed by atoms with Crippen molar-refractivity contribution in [2.75, 3.05) is 27.3 Å². The van der Waals surface area contributed by atoms with Crippen LogP contribution in [-0.4, -0.2) is 50.3 Å². The van der Waals surface area contributed by atoms with Gasteiger partial charge in [-0.15, -0.1) is 0 Å². The fraction of sp³-hybridized carbons (Fsp3) is 0.900. The summed E-state index contributed by atoms with van der Waals surface area (Å²) in [5, 5.41) is 2.95. The molecule has 2 amide bonds. The van der Waals surface area contributed by atoms with E-state index in [1.165, 1.54) is 6.42 Å². The van der Waals surface area contributed by atoms with E-state index in [1.54, 1.807) is 19.1 Å². The molecule has 0 bridgehead atoms. The molecule has 15 heavy (non-hydrogen) atoms. The molecule has 0 spiro atoms. The van der Waals surface area contributed by atoms with Crippen molar-refractivity contribution in [3.8, 4) is 0 Å². The van der Waals surface area contributed by atoms with Crippen molar-refractivity contribution < 1.29 is 9.53 Å². The number of hydrogen-bond donors (Lipinski definition) is 2. The SMILES string of the molecule is COCC(N)CN(C)C(=O)NC1CCC1. The summed E-state index contributed by atoms with van der Waals surface area (Å²) in [5.74, 6) is 0. The molecule has 3 N–H and O–H groups in total. The lowest BCUT2D eigenvalue weighted by Gasteiger charge is -2.29. The lowest BCUT2D eigenvalue weighted by atomic mass is 9.93. The molecular formula is C10H21N3O2. The average Bonchev–Trinajstić information content (AvgIpc) is 2.11. The number of urea groups is 1. The van der Waals surface area contributed by atoms with Crippen molar-refractivity contribution in [2.45, 2.75) is 31.3 Å². The summed E-state index contributed by atoms with van der Waals surface area (Å²) >= 11 is 0. The third kappa shape index (κ3) is 4.05. The molecule has 1 unspecified atom stereocenters. The lowest BCUT2D eigenvalue weighted by Crippen LogP contribution is -2.49. The zero-order valence-corrected chi connectivity index (χ0v) is 9.53. The van der Waals surface area contributed by atoms with Crippen LogP contribution in [0.5, 0.6) is 0 Å². The van der Waals surface area contributed by atoms with Crippen LogP contribution < -0.4 is 11.1 Å². The first-order chi connectivity index (χ1) is 7.13. The molecule has 1 aliphatic rings. The summed E-state index contributed by atoms with van der Waals surface area (Å²) in [6.45, 7) is 0.993. The first-order valence-corrected chi connectivity index (χ1v) is 5.39. The topological polar surface area (TPSA) is 67.6 Å². The van der Waals surface area contributed by atoms with Crippen molar-refractivity contribution >= 4 is 6.03 Å². The number of nitrogens with two attached hydrogens (primary N) is 1. The molecule has 5 nitrogen and oxygen atoms in total. The Hall–Kier alpha value is -0.810. The minimum atomic E-state index is -0.118. The van der Waals surface area contributed by atoms with Gasteiger partial charge in [0.05, 0.1) is 6.61 Å². The molecule has 0 aromatic rings. The standard InChI is InChI=1S/C10H21N3O2/c1-13(6-8(11)7-15-2)10(14)12-9-4-3-5-9/h8-9H,3-7,11H2,1-2H3,(H,12,14). The van der Waals surface area contributed by atoms with E-state index in [0.717, 1.165) is 12.8 Å². The number of carbonyl (C=O) groups excluding carboxylic acids is 1. The van der Waals surface area contributed by atoms with Gasteiger partial charge in [0.15, 0.2) is 0 Å². The number of ether oxygens (including phenoxy) is 1. The Balaban J connectivity index is 2.19. The molecule has 88 valence electrons. The van der Waals surface area contributed by atoms with Crippen molar-refractivity contribution in [1.82, 2.24) is 10.2 Å². The number of nitrogens with one attached hydrogen (secondary N) is 1. The van der Waals surface area contributed by atoms with Gasteiger partial charge in [0, 0.05) is 32.8 Å². The van der Waals surface area contributed by atoms with Crippen LogP contribution in [0.2, 0.25) is 0 Å². The van der Waals surface area contributed by atoms with E-state index in [2.05, 4.69) is 5.32 Å². The second kappa shape index (κ2) is 5.92. The van der Waals surface area contributed by atoms with Crippen molar-refractivity contribution in [3.63, 3.8) is 0 Å². The van der Waals surface area contributed by atoms with Gasteiger partial charge in [-0.05, 0) is 19.3 Å². The van der Waals surface area contributed by atoms with Gasteiger partial charge in [-0.3, -0.25) is 0 Å². The normalized spacial score (nSPS) is 18.1. The second-order valence-corrected chi connectivity index (χ2v) is 4.17. The highest BCUT2D eigenvalue weighted by Gasteiger charge is 2.21. The third-order valence-electron chi connectivity index (χ3n) is 2.67. The zero-order chi connectivity index (χ0) is 11.3. The Bertz CT molecular complexity index is 207. The smallest absolute Gasteiger partial charge is 0.317 e. The fourth-order valence-electron chi connectivity index (χ4n) is 1.54. The van der Waals surface area contributed by atoms with Gasteiger partial charge in [0.25, 0.3) is 0 Å². The average molecular weight is 215 g/mol. The number of nitrogens with zero attached hydrogens (tertiary/aromatic N) is 1. The molecular weight excluding hydrogens is 194 g/mol. The summed E-state index contributed by atoms with van der Waals surface area (Å²) in [7, 11) is 3.36. The predicted octanol–water partition coefficient (Wildman–Crippen LogP) is 0.154. The molecule has 0 heterocycles. The van der Waals surface area contributed by atoms with Gasteiger partial charge in [0.1, 0.15) is 0 Å². The van der Waals surface area contributed by atoms with Crippen LogP contribution in [0.25, 0.3) is 0 Å². The van der Waals surface area contributed by atoms with E-state index < -0.39 is 0 Å². The summed E-state index contributed by atoms with van der Waals surface area (Å²) in [6.07, 6.45) is 3.42. The number of hydrogen-bond acceptors (Lipinski definition) is 3. The van der Waals surface area contributed by atoms with E-state index in [9.17, 15) is 4.79 Å². The molecule has 0 aliphatic heterocycles. The van der Waals surface area contributed by atoms with Crippen molar-refractivity contribution in [1.29, 1.82) is 0 Å². The van der Waals surface area contributed by atoms with E-state index in [4.69, 9.17) is 10.5 Å². The van der Waals surface area contributed by atoms with Gasteiger partial charge in [-0.1, -0.05) is 0 Å². The molecule has 1 aliphatic carbocycles. The van der Waals surface area contributed by atoms with Crippen LogP contribution in [0.15, 0.2) is 0 Å². The van der Waals surface area contributed by atoms with Gasteiger partial charge in [-0.2, -0.15) is 0 Å². The maximum atomic E-state index is 11.6. The van der Waals surface area contributed by atoms with Crippen LogP contribution in [0.4, 0.5) is 4.79 Å². The Kier molecular flexibility index (Phi) is 4.84. The number of likely N-dealkylation sites (N-methyl/N-ethyl adjacent to an activating group) is 1. The number of methoxy groups -OCH3 is 1. The van der Waals surface area contributed by atoms with Crippen LogP contribution >= 0.6 is 0 Å². The van der Waals surface area contributed by atoms with E-state index in [1.807, 2.05) is 0 Å². The molecule has 0 saturated heterocycles. The van der Waals surface area contributed by atoms with E-state index in [0.29, 0.717) is 19.2 Å². The van der Waals surface area contributed by atoms with E-state index >= 15 is 0 Å². The number of rotatable bonds is 5. The molecule has 1 fully saturated rings. The minimum Gasteiger partial charge on any atom is -0.383 e. The summed E-state index contributed by atoms with van der Waals surface area (Å²) in [5.41, 5.74) is 5.75. The minimum absolute atomic E-state index is 0.0359. The molecule has 0 radical (unpaired) electrons. The third-order valence-corrected chi connectivity index (χ3v) is 2.67. The Labute approximate surface area is 90.9 Å². The van der Waals surface area contributed by atoms with Crippen LogP contribution in [-0.2, 0) is 4.74 Å². The molecule has 1 atom stereocenters. The summed E-state index contributed by atoms with van der Waals surface area (Å²) < 4.78 is 4.91. The van der Waals surface area contributed by atoms with E-state index in [-0.39, 0.29) is 12.1 Å². The highest BCUT2D eigenvalue weighted by atomic mass is 16.5. The Morgan fingerprint density at radius 1 is 1.67 bits per heavy atom. The maximum absolute atomic E-state index is 11.6. The quantitative estimate of drug-likeness (QED) is 0.686. The highest BCUT2D eigenvalue weighted by molar-refractivity contribution is 5.74. The number of carbonyl (C=O) groups is 1. The lowest BCUT2D eigenvalue weighted by molar-refractivity contribution is 0.157. The van der Waals surface area contributed by atoms with Crippen LogP contribution in [0, 0.1) is 0 Å². The molecule has 0 aromatic carbocycles. The molecule has 0 aromatic heterocycles. The van der Waals surface area contributed by atoms with Crippen LogP contribution in [0.1, 0.15) is 19.3 Å². The molecule has 1 rings (SSSR count). The molecule has 1 saturated carbocycles. The van der Waals surface area contributed by atoms with Gasteiger partial charge in [-0.25, -0.2) is 4.79 Å². The zero-order valence-electron chi connectivity index (χ0n) is 9.53. The van der Waals surface area contributed by atoms with Gasteiger partial charge in [0.2, 0.25) is 0 Å². The first-order valence-electron chi connectivity index (χ1n) is 5.39. The Morgan fingerprint density at radius 3 is 2.80 bits per heavy atom. The number of amides is 2. The molecule has 5 heteroatoms. The summed E-state index contributed by atoms with van der Waals surface area (Å²) in [6, 6.07) is 0.219. The monoisotopic (exact) mass is 215 g/mol. The Morgan fingerprint density at radius 2 is 2.33 bits per heavy atom. The first kappa shape index (κ1) is 12.3. The highest BCUT2D eigenvalue weighted by Crippen LogP contribution is 2.17. The van der Waals surface area contributed by atoms with Gasteiger partial charge >= 0.3 is 6.03 Å². The van der Waals surface area contributed by atoms with Gasteiger partial charge < -0.3 is 20.7 Å². The largest absolute Gasteiger partial charge is 0.383 e. The second-order valence-electron chi connectivity index (χ2n) is 4.17. The predicted molar refractivity (Wildman–Crippen MR) is 58.7 cm³/mol. The summed E-state index contributed by atoms with van der Waals surface area (Å²) in [4.78, 5) is 13.2. The maximum Gasteiger partial charge on any atom is 0.317 e. The fourth-order valence-corrected chi connectivity index (χ4v) is 1.54. The van der Waals surface area contributed by atoms with Crippen molar-refractivity contribution in [2.24, 2.45) is 5.73 Å². The van der Waals surface area contributed by atoms with Crippen molar-refractivity contribution in [3.05, 3.63) is 0 Å². The van der Waals surface area contributed by atoms with Crippen LogP contribution in [0.3, 0.4) is 0 Å².